The summed E-state index contributed by atoms with van der Waals surface area (Å²) >= 11 is 0. The Morgan fingerprint density at radius 1 is 1.16 bits per heavy atom. The minimum absolute atomic E-state index is 0.270. The summed E-state index contributed by atoms with van der Waals surface area (Å²) in [6.45, 7) is 5.65. The first-order valence-corrected chi connectivity index (χ1v) is 5.94. The maximum atomic E-state index is 11.6. The molecule has 0 heterocycles. The van der Waals surface area contributed by atoms with E-state index >= 15 is 0 Å². The highest BCUT2D eigenvalue weighted by atomic mass is 17.2. The summed E-state index contributed by atoms with van der Waals surface area (Å²) < 4.78 is 5.04. The van der Waals surface area contributed by atoms with Crippen molar-refractivity contribution in [1.29, 1.82) is 0 Å². The number of carbonyl (C=O) groups is 2. The van der Waals surface area contributed by atoms with Crippen molar-refractivity contribution in [3.05, 3.63) is 48.2 Å². The first kappa shape index (κ1) is 14.8. The molecule has 0 aromatic heterocycles. The van der Waals surface area contributed by atoms with Gasteiger partial charge in [0.05, 0.1) is 17.7 Å². The summed E-state index contributed by atoms with van der Waals surface area (Å²) in [5.41, 5.74) is 0.657. The molecule has 0 aliphatic carbocycles. The van der Waals surface area contributed by atoms with Crippen LogP contribution in [0.3, 0.4) is 0 Å². The van der Waals surface area contributed by atoms with Crippen LogP contribution in [-0.4, -0.2) is 18.5 Å². The molecule has 1 aromatic carbocycles. The Bertz CT molecular complexity index is 436. The topological polar surface area (TPSA) is 61.8 Å². The smallest absolute Gasteiger partial charge is 0.386 e. The largest absolute Gasteiger partial charge is 0.462 e. The summed E-state index contributed by atoms with van der Waals surface area (Å²) in [6, 6.07) is 5.92. The Morgan fingerprint density at radius 3 is 2.26 bits per heavy atom. The van der Waals surface area contributed by atoms with E-state index < -0.39 is 11.9 Å². The Morgan fingerprint density at radius 2 is 1.74 bits per heavy atom. The van der Waals surface area contributed by atoms with E-state index in [1.54, 1.807) is 0 Å². The zero-order valence-corrected chi connectivity index (χ0v) is 10.8. The van der Waals surface area contributed by atoms with Gasteiger partial charge in [0.1, 0.15) is 6.26 Å². The Labute approximate surface area is 111 Å². The average molecular weight is 264 g/mol. The van der Waals surface area contributed by atoms with Crippen LogP contribution in [0.5, 0.6) is 0 Å². The molecule has 102 valence electrons. The quantitative estimate of drug-likeness (QED) is 0.249. The number of hydrogen-bond acceptors (Lipinski definition) is 5. The number of carbonyl (C=O) groups excluding carboxylic acids is 2. The molecule has 0 aliphatic heterocycles. The lowest BCUT2D eigenvalue weighted by Crippen LogP contribution is -2.08. The molecule has 5 heteroatoms. The van der Waals surface area contributed by atoms with Crippen LogP contribution < -0.4 is 0 Å². The predicted octanol–water partition coefficient (Wildman–Crippen LogP) is 2.88. The molecule has 1 aromatic rings. The molecule has 0 saturated carbocycles. The Balaban J connectivity index is 2.57. The minimum atomic E-state index is -0.661. The van der Waals surface area contributed by atoms with E-state index in [4.69, 9.17) is 4.74 Å². The van der Waals surface area contributed by atoms with Gasteiger partial charge in [-0.2, -0.15) is 0 Å². The van der Waals surface area contributed by atoms with Gasteiger partial charge in [0.15, 0.2) is 0 Å². The molecule has 0 saturated heterocycles. The standard InChI is InChI=1S/C14H16O5/c1-3-5-10-17-13(15)11-6-8-12(9-7-11)14(16)19-18-4-2/h4,6-9H,2-3,5,10H2,1H3. The lowest BCUT2D eigenvalue weighted by molar-refractivity contribution is -0.190. The third-order valence-electron chi connectivity index (χ3n) is 2.28. The SMILES string of the molecule is C=COOC(=O)c1ccc(C(=O)OCCCC)cc1. The van der Waals surface area contributed by atoms with Gasteiger partial charge in [0.2, 0.25) is 0 Å². The van der Waals surface area contributed by atoms with E-state index in [1.165, 1.54) is 24.3 Å². The van der Waals surface area contributed by atoms with Crippen LogP contribution in [0, 0.1) is 0 Å². The van der Waals surface area contributed by atoms with Crippen LogP contribution in [0.4, 0.5) is 0 Å². The third kappa shape index (κ3) is 4.83. The summed E-state index contributed by atoms with van der Waals surface area (Å²) in [4.78, 5) is 31.7. The number of benzene rings is 1. The zero-order valence-electron chi connectivity index (χ0n) is 10.8. The molecule has 0 amide bonds. The van der Waals surface area contributed by atoms with Crippen molar-refractivity contribution >= 4 is 11.9 Å². The summed E-state index contributed by atoms with van der Waals surface area (Å²) in [5.74, 6) is -1.07. The Hall–Kier alpha value is -2.30. The van der Waals surface area contributed by atoms with E-state index in [-0.39, 0.29) is 5.56 Å². The maximum absolute atomic E-state index is 11.6. The number of rotatable bonds is 7. The normalized spacial score (nSPS) is 9.53. The molecule has 19 heavy (non-hydrogen) atoms. The van der Waals surface area contributed by atoms with Crippen molar-refractivity contribution in [2.24, 2.45) is 0 Å². The number of ether oxygens (including phenoxy) is 1. The highest BCUT2D eigenvalue weighted by molar-refractivity contribution is 5.93. The molecule has 5 nitrogen and oxygen atoms in total. The second-order valence-corrected chi connectivity index (χ2v) is 3.70. The number of unbranched alkanes of at least 4 members (excludes halogenated alkanes) is 1. The summed E-state index contributed by atoms with van der Waals surface area (Å²) in [6.07, 6.45) is 2.79. The van der Waals surface area contributed by atoms with Crippen molar-refractivity contribution < 1.29 is 24.1 Å². The lowest BCUT2D eigenvalue weighted by Gasteiger charge is -2.04. The van der Waals surface area contributed by atoms with Crippen LogP contribution in [0.1, 0.15) is 40.5 Å². The van der Waals surface area contributed by atoms with Gasteiger partial charge < -0.3 is 4.74 Å². The van der Waals surface area contributed by atoms with Crippen LogP contribution in [0.25, 0.3) is 0 Å². The molecule has 0 unspecified atom stereocenters. The van der Waals surface area contributed by atoms with Gasteiger partial charge in [0, 0.05) is 0 Å². The molecule has 0 aliphatic rings. The molecule has 0 atom stereocenters. The van der Waals surface area contributed by atoms with E-state index in [1.807, 2.05) is 6.92 Å². The molecule has 0 fully saturated rings. The van der Waals surface area contributed by atoms with Gasteiger partial charge in [-0.3, -0.25) is 4.89 Å². The summed E-state index contributed by atoms with van der Waals surface area (Å²) in [5, 5.41) is 0. The van der Waals surface area contributed by atoms with Gasteiger partial charge in [-0.15, -0.1) is 0 Å². The monoisotopic (exact) mass is 264 g/mol. The molecule has 0 bridgehead atoms. The first-order valence-electron chi connectivity index (χ1n) is 5.94. The molecular formula is C14H16O5. The third-order valence-corrected chi connectivity index (χ3v) is 2.28. The van der Waals surface area contributed by atoms with E-state index in [2.05, 4.69) is 16.4 Å². The second-order valence-electron chi connectivity index (χ2n) is 3.70. The van der Waals surface area contributed by atoms with Crippen molar-refractivity contribution in [2.45, 2.75) is 19.8 Å². The van der Waals surface area contributed by atoms with E-state index in [0.29, 0.717) is 12.2 Å². The number of esters is 1. The molecular weight excluding hydrogens is 248 g/mol. The van der Waals surface area contributed by atoms with Crippen molar-refractivity contribution in [2.75, 3.05) is 6.61 Å². The van der Waals surface area contributed by atoms with Crippen LogP contribution in [0.2, 0.25) is 0 Å². The molecule has 0 spiro atoms. The van der Waals surface area contributed by atoms with Gasteiger partial charge >= 0.3 is 11.9 Å². The first-order chi connectivity index (χ1) is 9.19. The maximum Gasteiger partial charge on any atom is 0.386 e. The van der Waals surface area contributed by atoms with Gasteiger partial charge in [0.25, 0.3) is 0 Å². The van der Waals surface area contributed by atoms with Crippen LogP contribution in [0.15, 0.2) is 37.1 Å². The van der Waals surface area contributed by atoms with Gasteiger partial charge in [-0.25, -0.2) is 14.5 Å². The Kier molecular flexibility index (Phi) is 6.15. The fraction of sp³-hybridized carbons (Fsp3) is 0.286. The number of hydrogen-bond donors (Lipinski definition) is 0. The lowest BCUT2D eigenvalue weighted by atomic mass is 10.1. The van der Waals surface area contributed by atoms with Crippen molar-refractivity contribution in [1.82, 2.24) is 0 Å². The van der Waals surface area contributed by atoms with E-state index in [9.17, 15) is 9.59 Å². The second kappa shape index (κ2) is 7.92. The molecule has 0 N–H and O–H groups in total. The zero-order chi connectivity index (χ0) is 14.1. The molecule has 1 rings (SSSR count). The van der Waals surface area contributed by atoms with Crippen molar-refractivity contribution in [3.63, 3.8) is 0 Å². The highest BCUT2D eigenvalue weighted by Gasteiger charge is 2.11. The minimum Gasteiger partial charge on any atom is -0.462 e. The fourth-order valence-corrected chi connectivity index (χ4v) is 1.26. The average Bonchev–Trinajstić information content (AvgIpc) is 2.45. The predicted molar refractivity (Wildman–Crippen MR) is 68.3 cm³/mol. The highest BCUT2D eigenvalue weighted by Crippen LogP contribution is 2.08. The summed E-state index contributed by atoms with van der Waals surface area (Å²) in [7, 11) is 0. The van der Waals surface area contributed by atoms with Gasteiger partial charge in [-0.1, -0.05) is 19.9 Å². The van der Waals surface area contributed by atoms with Crippen LogP contribution in [-0.2, 0) is 14.5 Å². The molecule has 0 radical (unpaired) electrons. The van der Waals surface area contributed by atoms with Crippen molar-refractivity contribution in [3.8, 4) is 0 Å². The fourth-order valence-electron chi connectivity index (χ4n) is 1.26. The van der Waals surface area contributed by atoms with E-state index in [0.717, 1.165) is 19.1 Å². The van der Waals surface area contributed by atoms with Crippen LogP contribution >= 0.6 is 0 Å². The van der Waals surface area contributed by atoms with Gasteiger partial charge in [-0.05, 0) is 30.7 Å².